The number of anilines is 1. The zero-order valence-electron chi connectivity index (χ0n) is 13.0. The fourth-order valence-corrected chi connectivity index (χ4v) is 2.60. The molecule has 0 saturated carbocycles. The summed E-state index contributed by atoms with van der Waals surface area (Å²) in [6, 6.07) is 6.96. The normalized spacial score (nSPS) is 17.2. The predicted octanol–water partition coefficient (Wildman–Crippen LogP) is 1.34. The van der Waals surface area contributed by atoms with Crippen molar-refractivity contribution in [2.75, 3.05) is 24.5 Å². The van der Waals surface area contributed by atoms with Crippen LogP contribution in [-0.2, 0) is 14.4 Å². The number of rotatable bonds is 6. The lowest BCUT2D eigenvalue weighted by Gasteiger charge is -2.17. The second kappa shape index (κ2) is 7.97. The van der Waals surface area contributed by atoms with Crippen LogP contribution in [0.25, 0.3) is 0 Å². The van der Waals surface area contributed by atoms with Gasteiger partial charge in [0.25, 0.3) is 0 Å². The Bertz CT molecular complexity index is 606. The van der Waals surface area contributed by atoms with Gasteiger partial charge in [-0.25, -0.2) is 0 Å². The molecule has 1 unspecified atom stereocenters. The lowest BCUT2D eigenvalue weighted by Crippen LogP contribution is -2.40. The molecule has 0 spiro atoms. The first-order chi connectivity index (χ1) is 11.0. The second-order valence-electron chi connectivity index (χ2n) is 5.45. The third-order valence-corrected chi connectivity index (χ3v) is 3.85. The minimum atomic E-state index is -0.458. The van der Waals surface area contributed by atoms with Gasteiger partial charge in [0.2, 0.25) is 17.7 Å². The van der Waals surface area contributed by atoms with Crippen LogP contribution in [0.1, 0.15) is 19.8 Å². The predicted molar refractivity (Wildman–Crippen MR) is 88.2 cm³/mol. The second-order valence-corrected chi connectivity index (χ2v) is 5.89. The monoisotopic (exact) mass is 337 g/mol. The lowest BCUT2D eigenvalue weighted by atomic mass is 10.1. The molecule has 1 atom stereocenters. The van der Waals surface area contributed by atoms with E-state index in [1.54, 1.807) is 29.2 Å². The number of carbonyl (C=O) groups is 3. The molecule has 1 aliphatic rings. The van der Waals surface area contributed by atoms with Crippen molar-refractivity contribution in [1.29, 1.82) is 0 Å². The SMILES string of the molecule is CCCNC(=O)CNC(=O)C1CC(=O)N(c2cccc(Cl)c2)C1. The van der Waals surface area contributed by atoms with E-state index in [1.807, 2.05) is 6.92 Å². The highest BCUT2D eigenvalue weighted by Crippen LogP contribution is 2.27. The maximum absolute atomic E-state index is 12.1. The molecule has 2 rings (SSSR count). The van der Waals surface area contributed by atoms with Crippen molar-refractivity contribution >= 4 is 35.0 Å². The zero-order chi connectivity index (χ0) is 16.8. The van der Waals surface area contributed by atoms with Crippen LogP contribution >= 0.6 is 11.6 Å². The van der Waals surface area contributed by atoms with Crippen molar-refractivity contribution in [3.05, 3.63) is 29.3 Å². The van der Waals surface area contributed by atoms with Crippen LogP contribution in [0, 0.1) is 5.92 Å². The summed E-state index contributed by atoms with van der Waals surface area (Å²) >= 11 is 5.93. The Morgan fingerprint density at radius 1 is 1.35 bits per heavy atom. The van der Waals surface area contributed by atoms with Crippen molar-refractivity contribution < 1.29 is 14.4 Å². The molecular weight excluding hydrogens is 318 g/mol. The molecule has 6 nitrogen and oxygen atoms in total. The maximum atomic E-state index is 12.1. The summed E-state index contributed by atoms with van der Waals surface area (Å²) in [5.74, 6) is -1.09. The molecule has 0 aliphatic carbocycles. The average molecular weight is 338 g/mol. The Morgan fingerprint density at radius 3 is 2.83 bits per heavy atom. The van der Waals surface area contributed by atoms with E-state index in [2.05, 4.69) is 10.6 Å². The van der Waals surface area contributed by atoms with Gasteiger partial charge in [0.1, 0.15) is 0 Å². The number of halogens is 1. The number of hydrogen-bond donors (Lipinski definition) is 2. The summed E-state index contributed by atoms with van der Waals surface area (Å²) in [7, 11) is 0. The van der Waals surface area contributed by atoms with Crippen LogP contribution < -0.4 is 15.5 Å². The van der Waals surface area contributed by atoms with Gasteiger partial charge in [-0.3, -0.25) is 14.4 Å². The molecule has 1 aliphatic heterocycles. The Morgan fingerprint density at radius 2 is 2.13 bits per heavy atom. The molecule has 124 valence electrons. The molecule has 2 N–H and O–H groups in total. The summed E-state index contributed by atoms with van der Waals surface area (Å²) < 4.78 is 0. The van der Waals surface area contributed by atoms with Crippen LogP contribution in [0.5, 0.6) is 0 Å². The topological polar surface area (TPSA) is 78.5 Å². The number of benzene rings is 1. The maximum Gasteiger partial charge on any atom is 0.239 e. The van der Waals surface area contributed by atoms with E-state index >= 15 is 0 Å². The van der Waals surface area contributed by atoms with Crippen LogP contribution in [-0.4, -0.2) is 37.4 Å². The van der Waals surface area contributed by atoms with E-state index in [4.69, 9.17) is 11.6 Å². The van der Waals surface area contributed by atoms with E-state index in [1.165, 1.54) is 0 Å². The standard InChI is InChI=1S/C16H20ClN3O3/c1-2-6-18-14(21)9-19-16(23)11-7-15(22)20(10-11)13-5-3-4-12(17)8-13/h3-5,8,11H,2,6-7,9-10H2,1H3,(H,18,21)(H,19,23). The third-order valence-electron chi connectivity index (χ3n) is 3.61. The van der Waals surface area contributed by atoms with Crippen molar-refractivity contribution in [3.63, 3.8) is 0 Å². The first-order valence-corrected chi connectivity index (χ1v) is 7.99. The number of carbonyl (C=O) groups excluding carboxylic acids is 3. The van der Waals surface area contributed by atoms with Crippen molar-refractivity contribution in [2.45, 2.75) is 19.8 Å². The van der Waals surface area contributed by atoms with Gasteiger partial charge in [-0.1, -0.05) is 24.6 Å². The van der Waals surface area contributed by atoms with E-state index in [0.717, 1.165) is 6.42 Å². The largest absolute Gasteiger partial charge is 0.355 e. The lowest BCUT2D eigenvalue weighted by molar-refractivity contribution is -0.128. The number of hydrogen-bond acceptors (Lipinski definition) is 3. The van der Waals surface area contributed by atoms with E-state index in [0.29, 0.717) is 23.8 Å². The van der Waals surface area contributed by atoms with E-state index < -0.39 is 5.92 Å². The quantitative estimate of drug-likeness (QED) is 0.822. The minimum absolute atomic E-state index is 0.0688. The molecule has 0 radical (unpaired) electrons. The van der Waals surface area contributed by atoms with Crippen LogP contribution in [0.15, 0.2) is 24.3 Å². The number of nitrogens with one attached hydrogen (secondary N) is 2. The van der Waals surface area contributed by atoms with Gasteiger partial charge in [0.15, 0.2) is 0 Å². The molecule has 0 bridgehead atoms. The molecule has 3 amide bonds. The summed E-state index contributed by atoms with van der Waals surface area (Å²) in [5.41, 5.74) is 0.679. The van der Waals surface area contributed by atoms with Crippen LogP contribution in [0.4, 0.5) is 5.69 Å². The molecule has 1 aromatic carbocycles. The Balaban J connectivity index is 1.89. The average Bonchev–Trinajstić information content (AvgIpc) is 2.92. The van der Waals surface area contributed by atoms with Crippen LogP contribution in [0.3, 0.4) is 0 Å². The zero-order valence-corrected chi connectivity index (χ0v) is 13.7. The van der Waals surface area contributed by atoms with E-state index in [-0.39, 0.29) is 30.7 Å². The smallest absolute Gasteiger partial charge is 0.239 e. The summed E-state index contributed by atoms with van der Waals surface area (Å²) in [4.78, 5) is 37.3. The Hall–Kier alpha value is -2.08. The number of nitrogens with zero attached hydrogens (tertiary/aromatic N) is 1. The van der Waals surface area contributed by atoms with E-state index in [9.17, 15) is 14.4 Å². The minimum Gasteiger partial charge on any atom is -0.355 e. The first kappa shape index (κ1) is 17.3. The van der Waals surface area contributed by atoms with Crippen molar-refractivity contribution in [1.82, 2.24) is 10.6 Å². The van der Waals surface area contributed by atoms with Crippen LogP contribution in [0.2, 0.25) is 5.02 Å². The highest BCUT2D eigenvalue weighted by atomic mass is 35.5. The van der Waals surface area contributed by atoms with Gasteiger partial charge < -0.3 is 15.5 Å². The summed E-state index contributed by atoms with van der Waals surface area (Å²) in [5, 5.41) is 5.80. The molecule has 1 fully saturated rings. The fourth-order valence-electron chi connectivity index (χ4n) is 2.42. The molecule has 0 aromatic heterocycles. The molecule has 7 heteroatoms. The summed E-state index contributed by atoms with van der Waals surface area (Å²) in [6.07, 6.45) is 0.973. The van der Waals surface area contributed by atoms with Gasteiger partial charge in [0.05, 0.1) is 12.5 Å². The molecule has 1 heterocycles. The highest BCUT2D eigenvalue weighted by molar-refractivity contribution is 6.31. The highest BCUT2D eigenvalue weighted by Gasteiger charge is 2.35. The molecular formula is C16H20ClN3O3. The van der Waals surface area contributed by atoms with Gasteiger partial charge in [-0.05, 0) is 24.6 Å². The molecule has 23 heavy (non-hydrogen) atoms. The number of amides is 3. The molecule has 1 saturated heterocycles. The van der Waals surface area contributed by atoms with Crippen molar-refractivity contribution in [2.24, 2.45) is 5.92 Å². The van der Waals surface area contributed by atoms with Gasteiger partial charge in [-0.15, -0.1) is 0 Å². The fraction of sp³-hybridized carbons (Fsp3) is 0.438. The van der Waals surface area contributed by atoms with Gasteiger partial charge in [0, 0.05) is 30.2 Å². The van der Waals surface area contributed by atoms with Gasteiger partial charge in [-0.2, -0.15) is 0 Å². The third kappa shape index (κ3) is 4.69. The first-order valence-electron chi connectivity index (χ1n) is 7.61. The Labute approximate surface area is 140 Å². The van der Waals surface area contributed by atoms with Gasteiger partial charge >= 0.3 is 0 Å². The Kier molecular flexibility index (Phi) is 5.98. The molecule has 1 aromatic rings. The summed E-state index contributed by atoms with van der Waals surface area (Å²) in [6.45, 7) is 2.76. The van der Waals surface area contributed by atoms with Crippen molar-refractivity contribution in [3.8, 4) is 0 Å².